The van der Waals surface area contributed by atoms with E-state index in [1.165, 1.54) is 12.1 Å². The van der Waals surface area contributed by atoms with Crippen molar-refractivity contribution >= 4 is 34.8 Å². The summed E-state index contributed by atoms with van der Waals surface area (Å²) in [7, 11) is 0. The molecule has 19 heavy (non-hydrogen) atoms. The van der Waals surface area contributed by atoms with Crippen molar-refractivity contribution in [1.82, 2.24) is 0 Å². The van der Waals surface area contributed by atoms with Crippen LogP contribution >= 0.6 is 23.2 Å². The topological polar surface area (TPSA) is 49.3 Å². The molecule has 0 bridgehead atoms. The summed E-state index contributed by atoms with van der Waals surface area (Å²) in [4.78, 5) is 12.1. The van der Waals surface area contributed by atoms with Gasteiger partial charge in [0.2, 0.25) is 0 Å². The first-order chi connectivity index (χ1) is 8.97. The van der Waals surface area contributed by atoms with Gasteiger partial charge in [0.1, 0.15) is 5.75 Å². The molecule has 0 aliphatic rings. The fraction of sp³-hybridized carbons (Fsp3) is 0.0714. The van der Waals surface area contributed by atoms with Crippen LogP contribution in [-0.2, 0) is 0 Å². The molecule has 2 aromatic carbocycles. The van der Waals surface area contributed by atoms with Crippen LogP contribution in [0.4, 0.5) is 5.69 Å². The Labute approximate surface area is 120 Å². The molecule has 2 aromatic rings. The number of aryl methyl sites for hydroxylation is 1. The Morgan fingerprint density at radius 2 is 1.89 bits per heavy atom. The van der Waals surface area contributed by atoms with Gasteiger partial charge in [0, 0.05) is 10.7 Å². The molecule has 3 nitrogen and oxygen atoms in total. The van der Waals surface area contributed by atoms with Gasteiger partial charge in [-0.1, -0.05) is 23.2 Å². The van der Waals surface area contributed by atoms with Crippen LogP contribution in [0.5, 0.6) is 5.75 Å². The first kappa shape index (κ1) is 13.7. The molecule has 0 aliphatic carbocycles. The lowest BCUT2D eigenvalue weighted by Gasteiger charge is -2.09. The normalized spacial score (nSPS) is 10.3. The highest BCUT2D eigenvalue weighted by Gasteiger charge is 2.12. The highest BCUT2D eigenvalue weighted by atomic mass is 35.5. The lowest BCUT2D eigenvalue weighted by molar-refractivity contribution is 0.102. The molecule has 0 spiro atoms. The predicted molar refractivity (Wildman–Crippen MR) is 77.3 cm³/mol. The van der Waals surface area contributed by atoms with Crippen molar-refractivity contribution in [2.24, 2.45) is 0 Å². The van der Waals surface area contributed by atoms with Gasteiger partial charge in [0.25, 0.3) is 5.91 Å². The van der Waals surface area contributed by atoms with E-state index < -0.39 is 0 Å². The second-order valence-corrected chi connectivity index (χ2v) is 4.92. The van der Waals surface area contributed by atoms with E-state index in [4.69, 9.17) is 23.2 Å². The standard InChI is InChI=1S/C14H11Cl2NO2/c1-8-6-10(18)3-5-13(8)17-14(19)11-4-2-9(15)7-12(11)16/h2-7,18H,1H3,(H,17,19). The van der Waals surface area contributed by atoms with Crippen LogP contribution in [-0.4, -0.2) is 11.0 Å². The SMILES string of the molecule is Cc1cc(O)ccc1NC(=O)c1ccc(Cl)cc1Cl. The fourth-order valence-corrected chi connectivity index (χ4v) is 2.15. The summed E-state index contributed by atoms with van der Waals surface area (Å²) >= 11 is 11.8. The van der Waals surface area contributed by atoms with Gasteiger partial charge in [-0.15, -0.1) is 0 Å². The maximum Gasteiger partial charge on any atom is 0.257 e. The number of halogens is 2. The summed E-state index contributed by atoms with van der Waals surface area (Å²) in [5, 5.41) is 12.8. The van der Waals surface area contributed by atoms with Crippen LogP contribution in [0.3, 0.4) is 0 Å². The third-order valence-corrected chi connectivity index (χ3v) is 3.18. The van der Waals surface area contributed by atoms with Gasteiger partial charge in [-0.25, -0.2) is 0 Å². The molecule has 0 aliphatic heterocycles. The van der Waals surface area contributed by atoms with Crippen molar-refractivity contribution in [3.8, 4) is 5.75 Å². The van der Waals surface area contributed by atoms with E-state index in [1.807, 2.05) is 0 Å². The van der Waals surface area contributed by atoms with E-state index in [2.05, 4.69) is 5.32 Å². The summed E-state index contributed by atoms with van der Waals surface area (Å²) < 4.78 is 0. The molecule has 0 fully saturated rings. The summed E-state index contributed by atoms with van der Waals surface area (Å²) in [6.45, 7) is 1.79. The van der Waals surface area contributed by atoms with E-state index >= 15 is 0 Å². The van der Waals surface area contributed by atoms with E-state index in [-0.39, 0.29) is 11.7 Å². The van der Waals surface area contributed by atoms with Gasteiger partial charge >= 0.3 is 0 Å². The average Bonchev–Trinajstić information content (AvgIpc) is 2.32. The zero-order chi connectivity index (χ0) is 14.0. The minimum Gasteiger partial charge on any atom is -0.508 e. The van der Waals surface area contributed by atoms with E-state index in [0.717, 1.165) is 5.56 Å². The molecule has 2 rings (SSSR count). The van der Waals surface area contributed by atoms with Crippen LogP contribution in [0, 0.1) is 6.92 Å². The molecular formula is C14H11Cl2NO2. The molecule has 0 aromatic heterocycles. The highest BCUT2D eigenvalue weighted by Crippen LogP contribution is 2.24. The third-order valence-electron chi connectivity index (χ3n) is 2.63. The molecule has 0 radical (unpaired) electrons. The van der Waals surface area contributed by atoms with Gasteiger partial charge in [-0.05, 0) is 48.9 Å². The number of hydrogen-bond acceptors (Lipinski definition) is 2. The predicted octanol–water partition coefficient (Wildman–Crippen LogP) is 4.26. The van der Waals surface area contributed by atoms with Gasteiger partial charge in [0.15, 0.2) is 0 Å². The van der Waals surface area contributed by atoms with Crippen molar-refractivity contribution in [1.29, 1.82) is 0 Å². The quantitative estimate of drug-likeness (QED) is 0.813. The number of phenols is 1. The van der Waals surface area contributed by atoms with Crippen molar-refractivity contribution in [2.75, 3.05) is 5.32 Å². The van der Waals surface area contributed by atoms with Gasteiger partial charge in [-0.3, -0.25) is 4.79 Å². The summed E-state index contributed by atoms with van der Waals surface area (Å²) in [6.07, 6.45) is 0. The number of amides is 1. The van der Waals surface area contributed by atoms with Crippen LogP contribution in [0.1, 0.15) is 15.9 Å². The second kappa shape index (κ2) is 5.51. The summed E-state index contributed by atoms with van der Waals surface area (Å²) in [5.41, 5.74) is 1.73. The second-order valence-electron chi connectivity index (χ2n) is 4.08. The molecule has 0 heterocycles. The number of phenolic OH excluding ortho intramolecular Hbond substituents is 1. The number of carbonyl (C=O) groups excluding carboxylic acids is 1. The molecule has 5 heteroatoms. The lowest BCUT2D eigenvalue weighted by atomic mass is 10.1. The van der Waals surface area contributed by atoms with Gasteiger partial charge in [-0.2, -0.15) is 0 Å². The van der Waals surface area contributed by atoms with E-state index in [0.29, 0.717) is 21.3 Å². The van der Waals surface area contributed by atoms with E-state index in [9.17, 15) is 9.90 Å². The molecule has 1 amide bonds. The molecule has 2 N–H and O–H groups in total. The molecule has 0 saturated carbocycles. The Morgan fingerprint density at radius 3 is 2.53 bits per heavy atom. The maximum atomic E-state index is 12.1. The Morgan fingerprint density at radius 1 is 1.16 bits per heavy atom. The monoisotopic (exact) mass is 295 g/mol. The highest BCUT2D eigenvalue weighted by molar-refractivity contribution is 6.37. The number of nitrogens with one attached hydrogen (secondary N) is 1. The zero-order valence-corrected chi connectivity index (χ0v) is 11.6. The number of anilines is 1. The lowest BCUT2D eigenvalue weighted by Crippen LogP contribution is -2.13. The minimum atomic E-state index is -0.324. The number of benzene rings is 2. The van der Waals surface area contributed by atoms with Crippen LogP contribution in [0.2, 0.25) is 10.0 Å². The Hall–Kier alpha value is -1.71. The first-order valence-electron chi connectivity index (χ1n) is 5.53. The van der Waals surface area contributed by atoms with Crippen LogP contribution in [0.15, 0.2) is 36.4 Å². The van der Waals surface area contributed by atoms with Crippen molar-refractivity contribution in [2.45, 2.75) is 6.92 Å². The number of carbonyl (C=O) groups is 1. The van der Waals surface area contributed by atoms with Crippen LogP contribution < -0.4 is 5.32 Å². The minimum absolute atomic E-state index is 0.153. The van der Waals surface area contributed by atoms with Crippen molar-refractivity contribution < 1.29 is 9.90 Å². The smallest absolute Gasteiger partial charge is 0.257 e. The molecule has 0 unspecified atom stereocenters. The molecule has 0 atom stereocenters. The van der Waals surface area contributed by atoms with Crippen molar-refractivity contribution in [3.63, 3.8) is 0 Å². The molecular weight excluding hydrogens is 285 g/mol. The average molecular weight is 296 g/mol. The van der Waals surface area contributed by atoms with Crippen LogP contribution in [0.25, 0.3) is 0 Å². The summed E-state index contributed by atoms with van der Waals surface area (Å²) in [6, 6.07) is 9.39. The summed E-state index contributed by atoms with van der Waals surface area (Å²) in [5.74, 6) is -0.171. The Bertz CT molecular complexity index is 641. The Kier molecular flexibility index (Phi) is 3.98. The van der Waals surface area contributed by atoms with Gasteiger partial charge < -0.3 is 10.4 Å². The van der Waals surface area contributed by atoms with Crippen molar-refractivity contribution in [3.05, 3.63) is 57.6 Å². The number of aromatic hydroxyl groups is 1. The number of hydrogen-bond donors (Lipinski definition) is 2. The fourth-order valence-electron chi connectivity index (χ4n) is 1.65. The third kappa shape index (κ3) is 3.19. The first-order valence-corrected chi connectivity index (χ1v) is 6.29. The largest absolute Gasteiger partial charge is 0.508 e. The zero-order valence-electron chi connectivity index (χ0n) is 10.1. The molecule has 0 saturated heterocycles. The van der Waals surface area contributed by atoms with E-state index in [1.54, 1.807) is 31.2 Å². The maximum absolute atomic E-state index is 12.1. The number of rotatable bonds is 2. The molecule has 98 valence electrons. The van der Waals surface area contributed by atoms with Gasteiger partial charge in [0.05, 0.1) is 10.6 Å². The Balaban J connectivity index is 2.25.